The van der Waals surface area contributed by atoms with Crippen molar-refractivity contribution in [3.8, 4) is 0 Å². The quantitative estimate of drug-likeness (QED) is 0.379. The Morgan fingerprint density at radius 2 is 1.74 bits per heavy atom. The van der Waals surface area contributed by atoms with E-state index in [-0.39, 0.29) is 12.1 Å². The molecule has 1 amide bonds. The fourth-order valence-electron chi connectivity index (χ4n) is 3.85. The molecule has 9 heteroatoms. The number of amides is 1. The second-order valence-electron chi connectivity index (χ2n) is 7.58. The van der Waals surface area contributed by atoms with Crippen molar-refractivity contribution in [2.75, 3.05) is 23.3 Å². The number of fused-ring (bicyclic) bond motifs is 1. The van der Waals surface area contributed by atoms with E-state index in [1.807, 2.05) is 0 Å². The second kappa shape index (κ2) is 9.77. The number of benzene rings is 3. The highest BCUT2D eigenvalue weighted by molar-refractivity contribution is 7.97. The molecule has 0 spiro atoms. The summed E-state index contributed by atoms with van der Waals surface area (Å²) in [6.07, 6.45) is 1.45. The first-order valence-corrected chi connectivity index (χ1v) is 12.3. The van der Waals surface area contributed by atoms with Gasteiger partial charge in [-0.25, -0.2) is 13.2 Å². The van der Waals surface area contributed by atoms with Crippen molar-refractivity contribution in [1.29, 1.82) is 0 Å². The van der Waals surface area contributed by atoms with E-state index >= 15 is 0 Å². The highest BCUT2D eigenvalue weighted by Gasteiger charge is 2.41. The number of halogens is 1. The van der Waals surface area contributed by atoms with Crippen LogP contribution in [0.15, 0.2) is 90.4 Å². The Hall–Kier alpha value is -3.88. The van der Waals surface area contributed by atoms with Gasteiger partial charge >= 0.3 is 5.97 Å². The van der Waals surface area contributed by atoms with E-state index in [9.17, 15) is 18.0 Å². The standard InChI is InChI=1S/C26H21ClN2O5S/c1-3-15-29-22-14-11-19(27)16-21(22)23(17-7-5-4-6-8-17)24(35(29,32)33)25(30)28-20-12-9-18(10-13-20)26(31)34-2/h3-14,16H,1,15H2,2H3,(H,28,30). The first-order chi connectivity index (χ1) is 16.8. The van der Waals surface area contributed by atoms with Crippen molar-refractivity contribution >= 4 is 50.4 Å². The highest BCUT2D eigenvalue weighted by Crippen LogP contribution is 2.44. The molecule has 0 fully saturated rings. The van der Waals surface area contributed by atoms with Gasteiger partial charge in [-0.3, -0.25) is 9.10 Å². The Kier molecular flexibility index (Phi) is 6.77. The topological polar surface area (TPSA) is 92.8 Å². The third kappa shape index (κ3) is 4.58. The smallest absolute Gasteiger partial charge is 0.337 e. The number of ether oxygens (including phenoxy) is 1. The van der Waals surface area contributed by atoms with Crippen molar-refractivity contribution in [3.05, 3.63) is 112 Å². The zero-order chi connectivity index (χ0) is 25.2. The Morgan fingerprint density at radius 3 is 2.37 bits per heavy atom. The molecule has 0 atom stereocenters. The summed E-state index contributed by atoms with van der Waals surface area (Å²) in [5.41, 5.74) is 2.29. The molecule has 3 aromatic rings. The maximum absolute atomic E-state index is 13.8. The van der Waals surface area contributed by atoms with Crippen LogP contribution in [0.5, 0.6) is 0 Å². The fourth-order valence-corrected chi connectivity index (χ4v) is 5.73. The Labute approximate surface area is 208 Å². The van der Waals surface area contributed by atoms with Crippen LogP contribution in [0.3, 0.4) is 0 Å². The van der Waals surface area contributed by atoms with Crippen LogP contribution >= 0.6 is 11.6 Å². The van der Waals surface area contributed by atoms with Crippen molar-refractivity contribution in [3.63, 3.8) is 0 Å². The number of hydrogen-bond acceptors (Lipinski definition) is 5. The lowest BCUT2D eigenvalue weighted by Gasteiger charge is -2.33. The monoisotopic (exact) mass is 508 g/mol. The van der Waals surface area contributed by atoms with Crippen molar-refractivity contribution < 1.29 is 22.7 Å². The van der Waals surface area contributed by atoms with Gasteiger partial charge in [0.15, 0.2) is 4.91 Å². The first-order valence-electron chi connectivity index (χ1n) is 10.5. The number of hydrogen-bond donors (Lipinski definition) is 1. The van der Waals surface area contributed by atoms with Gasteiger partial charge in [-0.05, 0) is 48.0 Å². The highest BCUT2D eigenvalue weighted by atomic mass is 35.5. The van der Waals surface area contributed by atoms with E-state index < -0.39 is 26.8 Å². The van der Waals surface area contributed by atoms with Gasteiger partial charge in [-0.2, -0.15) is 0 Å². The normalized spacial score (nSPS) is 14.2. The zero-order valence-corrected chi connectivity index (χ0v) is 20.3. The Bertz CT molecular complexity index is 1450. The van der Waals surface area contributed by atoms with Crippen LogP contribution in [0.1, 0.15) is 21.5 Å². The molecular weight excluding hydrogens is 488 g/mol. The zero-order valence-electron chi connectivity index (χ0n) is 18.7. The van der Waals surface area contributed by atoms with Crippen LogP contribution in [0.4, 0.5) is 11.4 Å². The molecule has 1 N–H and O–H groups in total. The van der Waals surface area contributed by atoms with Crippen LogP contribution in [0.25, 0.3) is 5.57 Å². The number of nitrogens with one attached hydrogen (secondary N) is 1. The number of carbonyl (C=O) groups excluding carboxylic acids is 2. The molecule has 0 aromatic heterocycles. The van der Waals surface area contributed by atoms with Crippen molar-refractivity contribution in [1.82, 2.24) is 0 Å². The molecule has 178 valence electrons. The molecule has 1 heterocycles. The summed E-state index contributed by atoms with van der Waals surface area (Å²) < 4.78 is 33.4. The first kappa shape index (κ1) is 24.3. The van der Waals surface area contributed by atoms with Crippen LogP contribution in [-0.2, 0) is 19.6 Å². The molecule has 0 saturated heterocycles. The van der Waals surface area contributed by atoms with Crippen LogP contribution in [-0.4, -0.2) is 33.9 Å². The molecule has 1 aliphatic rings. The molecule has 4 rings (SSSR count). The SMILES string of the molecule is C=CCN1c2ccc(Cl)cc2C(c2ccccc2)=C(C(=O)Nc2ccc(C(=O)OC)cc2)S1(=O)=O. The van der Waals surface area contributed by atoms with Crippen LogP contribution < -0.4 is 9.62 Å². The van der Waals surface area contributed by atoms with Gasteiger partial charge < -0.3 is 10.1 Å². The number of esters is 1. The van der Waals surface area contributed by atoms with Gasteiger partial charge in [0.1, 0.15) is 0 Å². The van der Waals surface area contributed by atoms with E-state index in [0.29, 0.717) is 33.1 Å². The average molecular weight is 509 g/mol. The van der Waals surface area contributed by atoms with E-state index in [0.717, 1.165) is 4.31 Å². The van der Waals surface area contributed by atoms with Gasteiger partial charge in [-0.15, -0.1) is 6.58 Å². The predicted molar refractivity (Wildman–Crippen MR) is 137 cm³/mol. The maximum Gasteiger partial charge on any atom is 0.337 e. The predicted octanol–water partition coefficient (Wildman–Crippen LogP) is 4.86. The van der Waals surface area contributed by atoms with Crippen molar-refractivity contribution in [2.45, 2.75) is 0 Å². The van der Waals surface area contributed by atoms with Gasteiger partial charge in [0.05, 0.1) is 24.9 Å². The molecule has 0 saturated carbocycles. The van der Waals surface area contributed by atoms with Gasteiger partial charge in [0.2, 0.25) is 0 Å². The molecule has 1 aliphatic heterocycles. The molecule has 3 aromatic carbocycles. The molecule has 0 radical (unpaired) electrons. The number of rotatable bonds is 6. The average Bonchev–Trinajstić information content (AvgIpc) is 2.85. The Balaban J connectivity index is 1.91. The van der Waals surface area contributed by atoms with Crippen LogP contribution in [0, 0.1) is 0 Å². The van der Waals surface area contributed by atoms with E-state index in [1.54, 1.807) is 48.5 Å². The fraction of sp³-hybridized carbons (Fsp3) is 0.0769. The van der Waals surface area contributed by atoms with Gasteiger partial charge in [0.25, 0.3) is 15.9 Å². The summed E-state index contributed by atoms with van der Waals surface area (Å²) in [4.78, 5) is 24.8. The lowest BCUT2D eigenvalue weighted by atomic mass is 9.95. The lowest BCUT2D eigenvalue weighted by molar-refractivity contribution is -0.112. The number of carbonyl (C=O) groups is 2. The minimum atomic E-state index is -4.28. The number of anilines is 2. The summed E-state index contributed by atoms with van der Waals surface area (Å²) in [7, 11) is -3.02. The number of sulfonamides is 1. The number of methoxy groups -OCH3 is 1. The van der Waals surface area contributed by atoms with E-state index in [4.69, 9.17) is 11.6 Å². The molecular formula is C26H21ClN2O5S. The summed E-state index contributed by atoms with van der Waals surface area (Å²) in [6, 6.07) is 19.6. The third-order valence-corrected chi connectivity index (χ3v) is 7.47. The maximum atomic E-state index is 13.8. The third-order valence-electron chi connectivity index (χ3n) is 5.40. The summed E-state index contributed by atoms with van der Waals surface area (Å²) in [5.74, 6) is -1.35. The summed E-state index contributed by atoms with van der Waals surface area (Å²) in [5, 5.41) is 3.04. The minimum absolute atomic E-state index is 0.0381. The molecule has 0 bridgehead atoms. The van der Waals surface area contributed by atoms with Gasteiger partial charge in [0, 0.05) is 21.8 Å². The van der Waals surface area contributed by atoms with Crippen molar-refractivity contribution in [2.24, 2.45) is 0 Å². The lowest BCUT2D eigenvalue weighted by Crippen LogP contribution is -2.39. The largest absolute Gasteiger partial charge is 0.465 e. The Morgan fingerprint density at radius 1 is 1.06 bits per heavy atom. The molecule has 7 nitrogen and oxygen atoms in total. The minimum Gasteiger partial charge on any atom is -0.465 e. The van der Waals surface area contributed by atoms with Gasteiger partial charge in [-0.1, -0.05) is 48.0 Å². The summed E-state index contributed by atoms with van der Waals surface area (Å²) >= 11 is 6.29. The van der Waals surface area contributed by atoms with E-state index in [1.165, 1.54) is 37.5 Å². The van der Waals surface area contributed by atoms with E-state index in [2.05, 4.69) is 16.6 Å². The number of nitrogens with zero attached hydrogens (tertiary/aromatic N) is 1. The molecule has 35 heavy (non-hydrogen) atoms. The molecule has 0 unspecified atom stereocenters. The summed E-state index contributed by atoms with van der Waals surface area (Å²) in [6.45, 7) is 3.63. The van der Waals surface area contributed by atoms with Crippen LogP contribution in [0.2, 0.25) is 5.02 Å². The molecule has 0 aliphatic carbocycles. The second-order valence-corrected chi connectivity index (χ2v) is 9.82.